The normalized spacial score (nSPS) is 12.4. The van der Waals surface area contributed by atoms with Crippen LogP contribution in [0.15, 0.2) is 0 Å². The van der Waals surface area contributed by atoms with Gasteiger partial charge in [-0.15, -0.1) is 0 Å². The van der Waals surface area contributed by atoms with Gasteiger partial charge in [-0.05, 0) is 6.42 Å². The minimum atomic E-state index is -0.555. The molecule has 0 saturated carbocycles. The van der Waals surface area contributed by atoms with Crippen molar-refractivity contribution in [2.24, 2.45) is 5.92 Å². The number of ether oxygens (including phenoxy) is 1. The van der Waals surface area contributed by atoms with Gasteiger partial charge in [0.1, 0.15) is 0 Å². The topological polar surface area (TPSA) is 55.4 Å². The van der Waals surface area contributed by atoms with Gasteiger partial charge in [-0.3, -0.25) is 4.79 Å². The lowest BCUT2D eigenvalue weighted by Gasteiger charge is -2.16. The largest absolute Gasteiger partial charge is 0.453 e. The highest BCUT2D eigenvalue weighted by atomic mass is 16.5. The lowest BCUT2D eigenvalue weighted by molar-refractivity contribution is -0.123. The quantitative estimate of drug-likeness (QED) is 0.722. The molecule has 1 atom stereocenters. The molecule has 0 aliphatic rings. The Kier molecular flexibility index (Phi) is 5.11. The second-order valence-corrected chi connectivity index (χ2v) is 3.15. The summed E-state index contributed by atoms with van der Waals surface area (Å²) in [5, 5.41) is 2.49. The summed E-state index contributed by atoms with van der Waals surface area (Å²) < 4.78 is 4.41. The van der Waals surface area contributed by atoms with Gasteiger partial charge in [0.25, 0.3) is 0 Å². The van der Waals surface area contributed by atoms with E-state index < -0.39 is 12.1 Å². The van der Waals surface area contributed by atoms with Gasteiger partial charge in [0.2, 0.25) is 0 Å². The van der Waals surface area contributed by atoms with Crippen LogP contribution < -0.4 is 5.32 Å². The highest BCUT2D eigenvalue weighted by molar-refractivity contribution is 5.88. The van der Waals surface area contributed by atoms with E-state index in [-0.39, 0.29) is 11.7 Å². The molecule has 1 amide bonds. The molecule has 0 spiro atoms. The summed E-state index contributed by atoms with van der Waals surface area (Å²) >= 11 is 0. The summed E-state index contributed by atoms with van der Waals surface area (Å²) in [7, 11) is 1.28. The van der Waals surface area contributed by atoms with Crippen molar-refractivity contribution < 1.29 is 14.3 Å². The SMILES string of the molecule is CC[C@@H](NC(=O)OC)C(=O)C(C)C. The predicted octanol–water partition coefficient (Wildman–Crippen LogP) is 1.35. The number of ketones is 1. The number of hydrogen-bond acceptors (Lipinski definition) is 3. The van der Waals surface area contributed by atoms with Crippen molar-refractivity contribution in [1.29, 1.82) is 0 Å². The average molecular weight is 187 g/mol. The summed E-state index contributed by atoms with van der Waals surface area (Å²) in [6.45, 7) is 5.47. The molecule has 0 radical (unpaired) electrons. The van der Waals surface area contributed by atoms with Crippen LogP contribution in [0.1, 0.15) is 27.2 Å². The fourth-order valence-electron chi connectivity index (χ4n) is 0.978. The van der Waals surface area contributed by atoms with Crippen LogP contribution in [0.25, 0.3) is 0 Å². The Morgan fingerprint density at radius 2 is 1.92 bits per heavy atom. The Morgan fingerprint density at radius 3 is 2.23 bits per heavy atom. The van der Waals surface area contributed by atoms with Crippen molar-refractivity contribution in [2.75, 3.05) is 7.11 Å². The van der Waals surface area contributed by atoms with Gasteiger partial charge < -0.3 is 10.1 Å². The van der Waals surface area contributed by atoms with Gasteiger partial charge in [0.15, 0.2) is 5.78 Å². The van der Waals surface area contributed by atoms with Gasteiger partial charge in [-0.2, -0.15) is 0 Å². The number of nitrogens with one attached hydrogen (secondary N) is 1. The zero-order valence-electron chi connectivity index (χ0n) is 8.59. The van der Waals surface area contributed by atoms with Crippen LogP contribution in [0.3, 0.4) is 0 Å². The maximum absolute atomic E-state index is 11.5. The van der Waals surface area contributed by atoms with E-state index in [0.717, 1.165) is 0 Å². The molecule has 0 saturated heterocycles. The first-order chi connectivity index (χ1) is 6.02. The third-order valence-corrected chi connectivity index (χ3v) is 1.80. The van der Waals surface area contributed by atoms with Crippen LogP contribution >= 0.6 is 0 Å². The van der Waals surface area contributed by atoms with Crippen LogP contribution in [0.4, 0.5) is 4.79 Å². The molecule has 76 valence electrons. The lowest BCUT2D eigenvalue weighted by atomic mass is 10.0. The van der Waals surface area contributed by atoms with Gasteiger partial charge in [0, 0.05) is 5.92 Å². The van der Waals surface area contributed by atoms with Crippen LogP contribution in [-0.4, -0.2) is 25.0 Å². The number of rotatable bonds is 4. The van der Waals surface area contributed by atoms with E-state index in [4.69, 9.17) is 0 Å². The van der Waals surface area contributed by atoms with E-state index in [2.05, 4.69) is 10.1 Å². The second kappa shape index (κ2) is 5.56. The molecule has 0 rings (SSSR count). The molecule has 0 aromatic rings. The summed E-state index contributed by atoms with van der Waals surface area (Å²) in [4.78, 5) is 22.3. The molecule has 4 heteroatoms. The highest BCUT2D eigenvalue weighted by Gasteiger charge is 2.21. The van der Waals surface area contributed by atoms with Crippen molar-refractivity contribution in [1.82, 2.24) is 5.32 Å². The average Bonchev–Trinajstić information content (AvgIpc) is 2.12. The molecule has 0 unspecified atom stereocenters. The van der Waals surface area contributed by atoms with E-state index in [1.807, 2.05) is 20.8 Å². The Hall–Kier alpha value is -1.06. The minimum Gasteiger partial charge on any atom is -0.453 e. The Bertz CT molecular complexity index is 189. The molecule has 13 heavy (non-hydrogen) atoms. The maximum Gasteiger partial charge on any atom is 0.407 e. The van der Waals surface area contributed by atoms with E-state index in [1.165, 1.54) is 7.11 Å². The first-order valence-corrected chi connectivity index (χ1v) is 4.41. The lowest BCUT2D eigenvalue weighted by Crippen LogP contribution is -2.42. The molecular formula is C9H17NO3. The zero-order chi connectivity index (χ0) is 10.4. The number of carbonyl (C=O) groups excluding carboxylic acids is 2. The van der Waals surface area contributed by atoms with Crippen LogP contribution in [-0.2, 0) is 9.53 Å². The van der Waals surface area contributed by atoms with E-state index in [1.54, 1.807) is 0 Å². The van der Waals surface area contributed by atoms with Crippen molar-refractivity contribution in [2.45, 2.75) is 33.2 Å². The van der Waals surface area contributed by atoms with Crippen LogP contribution in [0.2, 0.25) is 0 Å². The van der Waals surface area contributed by atoms with Crippen molar-refractivity contribution in [3.8, 4) is 0 Å². The second-order valence-electron chi connectivity index (χ2n) is 3.15. The summed E-state index contributed by atoms with van der Waals surface area (Å²) in [6.07, 6.45) is 0.0346. The predicted molar refractivity (Wildman–Crippen MR) is 49.5 cm³/mol. The first-order valence-electron chi connectivity index (χ1n) is 4.41. The molecule has 4 nitrogen and oxygen atoms in total. The molecule has 0 aliphatic heterocycles. The number of amides is 1. The molecule has 0 heterocycles. The Morgan fingerprint density at radius 1 is 1.38 bits per heavy atom. The number of hydrogen-bond donors (Lipinski definition) is 1. The third kappa shape index (κ3) is 3.92. The fourth-order valence-corrected chi connectivity index (χ4v) is 0.978. The maximum atomic E-state index is 11.5. The monoisotopic (exact) mass is 187 g/mol. The third-order valence-electron chi connectivity index (χ3n) is 1.80. The van der Waals surface area contributed by atoms with E-state index in [9.17, 15) is 9.59 Å². The Labute approximate surface area is 78.6 Å². The minimum absolute atomic E-state index is 0.0351. The smallest absolute Gasteiger partial charge is 0.407 e. The molecule has 0 fully saturated rings. The molecular weight excluding hydrogens is 170 g/mol. The standard InChI is InChI=1S/C9H17NO3/c1-5-7(8(11)6(2)3)10-9(12)13-4/h6-7H,5H2,1-4H3,(H,10,12)/t7-/m1/s1. The van der Waals surface area contributed by atoms with Crippen molar-refractivity contribution >= 4 is 11.9 Å². The van der Waals surface area contributed by atoms with Gasteiger partial charge >= 0.3 is 6.09 Å². The van der Waals surface area contributed by atoms with Crippen molar-refractivity contribution in [3.63, 3.8) is 0 Å². The van der Waals surface area contributed by atoms with Gasteiger partial charge in [-0.1, -0.05) is 20.8 Å². The van der Waals surface area contributed by atoms with Crippen molar-refractivity contribution in [3.05, 3.63) is 0 Å². The van der Waals surface area contributed by atoms with E-state index >= 15 is 0 Å². The van der Waals surface area contributed by atoms with Gasteiger partial charge in [-0.25, -0.2) is 4.79 Å². The van der Waals surface area contributed by atoms with Crippen LogP contribution in [0.5, 0.6) is 0 Å². The fraction of sp³-hybridized carbons (Fsp3) is 0.778. The first kappa shape index (κ1) is 11.9. The number of alkyl carbamates (subject to hydrolysis) is 1. The molecule has 0 aliphatic carbocycles. The highest BCUT2D eigenvalue weighted by Crippen LogP contribution is 2.03. The molecule has 0 aromatic carbocycles. The molecule has 0 aromatic heterocycles. The van der Waals surface area contributed by atoms with Crippen LogP contribution in [0, 0.1) is 5.92 Å². The Balaban J connectivity index is 4.18. The summed E-state index contributed by atoms with van der Waals surface area (Å²) in [5.41, 5.74) is 0. The summed E-state index contributed by atoms with van der Waals surface area (Å²) in [6, 6.07) is -0.424. The zero-order valence-corrected chi connectivity index (χ0v) is 8.59. The van der Waals surface area contributed by atoms with Gasteiger partial charge in [0.05, 0.1) is 13.2 Å². The molecule has 0 bridgehead atoms. The summed E-state index contributed by atoms with van der Waals surface area (Å²) in [5.74, 6) is -0.0324. The number of Topliss-reactive ketones (excluding diaryl/α,β-unsaturated/α-hetero) is 1. The number of methoxy groups -OCH3 is 1. The number of carbonyl (C=O) groups is 2. The molecule has 1 N–H and O–H groups in total. The van der Waals surface area contributed by atoms with E-state index in [0.29, 0.717) is 6.42 Å².